The van der Waals surface area contributed by atoms with Gasteiger partial charge in [-0.05, 0) is 6.42 Å². The molecule has 70 valence electrons. The van der Waals surface area contributed by atoms with Crippen LogP contribution >= 0.6 is 0 Å². The third-order valence-electron chi connectivity index (χ3n) is 2.18. The first-order valence-electron chi connectivity index (χ1n) is 3.96. The summed E-state index contributed by atoms with van der Waals surface area (Å²) in [5.74, 6) is -1.39. The van der Waals surface area contributed by atoms with Crippen LogP contribution in [-0.2, 0) is 14.3 Å². The summed E-state index contributed by atoms with van der Waals surface area (Å²) in [6.07, 6.45) is 0.483. The van der Waals surface area contributed by atoms with Gasteiger partial charge >= 0.3 is 12.0 Å². The van der Waals surface area contributed by atoms with E-state index in [2.05, 4.69) is 10.6 Å². The first kappa shape index (κ1) is 8.03. The molecule has 6 nitrogen and oxygen atoms in total. The van der Waals surface area contributed by atoms with Crippen molar-refractivity contribution in [1.82, 2.24) is 10.6 Å². The van der Waals surface area contributed by atoms with Gasteiger partial charge in [-0.1, -0.05) is 0 Å². The second-order valence-electron chi connectivity index (χ2n) is 3.00. The van der Waals surface area contributed by atoms with Gasteiger partial charge in [-0.3, -0.25) is 14.9 Å². The molecule has 2 atom stereocenters. The topological polar surface area (TPSA) is 84.5 Å². The Balaban J connectivity index is 2.12. The highest BCUT2D eigenvalue weighted by molar-refractivity contribution is 6.06. The fraction of sp³-hybridized carbons (Fsp3) is 0.571. The Morgan fingerprint density at radius 2 is 2.08 bits per heavy atom. The minimum Gasteiger partial charge on any atom is -0.465 e. The largest absolute Gasteiger partial charge is 0.465 e. The van der Waals surface area contributed by atoms with Gasteiger partial charge in [0.1, 0.15) is 6.04 Å². The average Bonchev–Trinajstić information content (AvgIpc) is 2.58. The Morgan fingerprint density at radius 3 is 2.54 bits per heavy atom. The average molecular weight is 184 g/mol. The van der Waals surface area contributed by atoms with E-state index in [0.29, 0.717) is 13.0 Å². The second kappa shape index (κ2) is 2.72. The Kier molecular flexibility index (Phi) is 1.68. The minimum absolute atomic E-state index is 0.323. The van der Waals surface area contributed by atoms with Crippen molar-refractivity contribution in [3.63, 3.8) is 0 Å². The number of ether oxygens (including phenoxy) is 1. The van der Waals surface area contributed by atoms with Crippen molar-refractivity contribution in [2.45, 2.75) is 12.5 Å². The maximum absolute atomic E-state index is 11.1. The first-order chi connectivity index (χ1) is 6.18. The maximum atomic E-state index is 11.1. The summed E-state index contributed by atoms with van der Waals surface area (Å²) in [5, 5.41) is 4.44. The first-order valence-corrected chi connectivity index (χ1v) is 3.96. The number of hydrogen-bond donors (Lipinski definition) is 2. The molecule has 0 aromatic heterocycles. The number of nitrogens with one attached hydrogen (secondary N) is 2. The predicted molar refractivity (Wildman–Crippen MR) is 39.5 cm³/mol. The maximum Gasteiger partial charge on any atom is 0.322 e. The lowest BCUT2D eigenvalue weighted by molar-refractivity contribution is -0.143. The lowest BCUT2D eigenvalue weighted by atomic mass is 9.99. The summed E-state index contributed by atoms with van der Waals surface area (Å²) in [5.41, 5.74) is 0. The molecule has 0 bridgehead atoms. The molecule has 0 aromatic rings. The van der Waals surface area contributed by atoms with Gasteiger partial charge in [0.15, 0.2) is 0 Å². The van der Waals surface area contributed by atoms with E-state index < -0.39 is 29.9 Å². The number of carbonyl (C=O) groups excluding carboxylic acids is 3. The summed E-state index contributed by atoms with van der Waals surface area (Å²) >= 11 is 0. The zero-order valence-electron chi connectivity index (χ0n) is 6.70. The zero-order chi connectivity index (χ0) is 9.42. The second-order valence-corrected chi connectivity index (χ2v) is 3.00. The molecular weight excluding hydrogens is 176 g/mol. The number of esters is 1. The number of rotatable bonds is 1. The lowest BCUT2D eigenvalue weighted by Gasteiger charge is -2.10. The van der Waals surface area contributed by atoms with Gasteiger partial charge in [-0.25, -0.2) is 4.79 Å². The molecule has 2 heterocycles. The van der Waals surface area contributed by atoms with Crippen LogP contribution in [0.25, 0.3) is 0 Å². The highest BCUT2D eigenvalue weighted by atomic mass is 16.5. The van der Waals surface area contributed by atoms with Crippen molar-refractivity contribution < 1.29 is 19.1 Å². The highest BCUT2D eigenvalue weighted by Crippen LogP contribution is 2.20. The van der Waals surface area contributed by atoms with Crippen LogP contribution in [-0.4, -0.2) is 30.6 Å². The Labute approximate surface area is 73.6 Å². The highest BCUT2D eigenvalue weighted by Gasteiger charge is 2.43. The van der Waals surface area contributed by atoms with Crippen molar-refractivity contribution in [2.24, 2.45) is 5.92 Å². The molecule has 2 aliphatic rings. The number of imide groups is 1. The van der Waals surface area contributed by atoms with Crippen LogP contribution in [0.4, 0.5) is 4.79 Å². The SMILES string of the molecule is O=C1NC(=O)[C@@H]([C@H]2CCOC2=O)N1. The molecule has 2 aliphatic heterocycles. The third-order valence-corrected chi connectivity index (χ3v) is 2.18. The molecule has 2 rings (SSSR count). The van der Waals surface area contributed by atoms with Crippen LogP contribution in [0.2, 0.25) is 0 Å². The molecule has 13 heavy (non-hydrogen) atoms. The van der Waals surface area contributed by atoms with Crippen LogP contribution in [0, 0.1) is 5.92 Å². The normalized spacial score (nSPS) is 32.8. The van der Waals surface area contributed by atoms with Crippen LogP contribution in [0.1, 0.15) is 6.42 Å². The molecule has 6 heteroatoms. The van der Waals surface area contributed by atoms with Crippen molar-refractivity contribution >= 4 is 17.9 Å². The van der Waals surface area contributed by atoms with Gasteiger partial charge in [0.05, 0.1) is 12.5 Å². The molecule has 2 saturated heterocycles. The van der Waals surface area contributed by atoms with Gasteiger partial charge in [0.2, 0.25) is 0 Å². The van der Waals surface area contributed by atoms with Crippen molar-refractivity contribution in [2.75, 3.05) is 6.61 Å². The van der Waals surface area contributed by atoms with Crippen LogP contribution in [0.5, 0.6) is 0 Å². The molecule has 0 saturated carbocycles. The fourth-order valence-electron chi connectivity index (χ4n) is 1.53. The van der Waals surface area contributed by atoms with Gasteiger partial charge < -0.3 is 10.1 Å². The van der Waals surface area contributed by atoms with Gasteiger partial charge in [-0.15, -0.1) is 0 Å². The Morgan fingerprint density at radius 1 is 1.31 bits per heavy atom. The molecule has 2 N–H and O–H groups in total. The van der Waals surface area contributed by atoms with Gasteiger partial charge in [0.25, 0.3) is 5.91 Å². The summed E-state index contributed by atoms with van der Waals surface area (Å²) in [7, 11) is 0. The molecule has 2 fully saturated rings. The molecular formula is C7H8N2O4. The van der Waals surface area contributed by atoms with Gasteiger partial charge in [0, 0.05) is 0 Å². The fourth-order valence-corrected chi connectivity index (χ4v) is 1.53. The zero-order valence-corrected chi connectivity index (χ0v) is 6.70. The van der Waals surface area contributed by atoms with Crippen molar-refractivity contribution in [3.8, 4) is 0 Å². The molecule has 0 radical (unpaired) electrons. The van der Waals surface area contributed by atoms with Gasteiger partial charge in [-0.2, -0.15) is 0 Å². The standard InChI is InChI=1S/C7H8N2O4/c10-5-4(8-7(12)9-5)3-1-2-13-6(3)11/h3-4H,1-2H2,(H2,8,9,10,12)/t3-,4-/m1/s1. The van der Waals surface area contributed by atoms with Crippen molar-refractivity contribution in [3.05, 3.63) is 0 Å². The molecule has 0 aliphatic carbocycles. The summed E-state index contributed by atoms with van der Waals surface area (Å²) in [6, 6.07) is -1.29. The molecule has 0 aromatic carbocycles. The third kappa shape index (κ3) is 1.24. The Hall–Kier alpha value is -1.59. The van der Waals surface area contributed by atoms with E-state index in [1.165, 1.54) is 0 Å². The van der Waals surface area contributed by atoms with E-state index in [9.17, 15) is 14.4 Å². The predicted octanol–water partition coefficient (Wildman–Crippen LogP) is -1.24. The minimum atomic E-state index is -0.748. The summed E-state index contributed by atoms with van der Waals surface area (Å²) in [4.78, 5) is 32.9. The van der Waals surface area contributed by atoms with E-state index >= 15 is 0 Å². The van der Waals surface area contributed by atoms with Crippen LogP contribution in [0.3, 0.4) is 0 Å². The van der Waals surface area contributed by atoms with Crippen molar-refractivity contribution in [1.29, 1.82) is 0 Å². The summed E-state index contributed by atoms with van der Waals surface area (Å²) in [6.45, 7) is 0.323. The Bertz CT molecular complexity index is 288. The van der Waals surface area contributed by atoms with E-state index in [0.717, 1.165) is 0 Å². The lowest BCUT2D eigenvalue weighted by Crippen LogP contribution is -2.39. The smallest absolute Gasteiger partial charge is 0.322 e. The number of urea groups is 1. The van der Waals surface area contributed by atoms with Crippen LogP contribution in [0.15, 0.2) is 0 Å². The van der Waals surface area contributed by atoms with E-state index in [1.807, 2.05) is 0 Å². The number of carbonyl (C=O) groups is 3. The number of hydrogen-bond acceptors (Lipinski definition) is 4. The van der Waals surface area contributed by atoms with E-state index in [1.54, 1.807) is 0 Å². The van der Waals surface area contributed by atoms with Crippen LogP contribution < -0.4 is 10.6 Å². The number of cyclic esters (lactones) is 1. The molecule has 3 amide bonds. The quantitative estimate of drug-likeness (QED) is 0.394. The molecule has 0 unspecified atom stereocenters. The van der Waals surface area contributed by atoms with E-state index in [-0.39, 0.29) is 0 Å². The van der Waals surface area contributed by atoms with E-state index in [4.69, 9.17) is 4.74 Å². The molecule has 0 spiro atoms. The summed E-state index contributed by atoms with van der Waals surface area (Å²) < 4.78 is 4.69. The number of amides is 3. The monoisotopic (exact) mass is 184 g/mol.